The van der Waals surface area contributed by atoms with Gasteiger partial charge in [-0.05, 0) is 38.6 Å². The largest absolute Gasteiger partial charge is 0.340 e. The Morgan fingerprint density at radius 3 is 2.75 bits per heavy atom. The van der Waals surface area contributed by atoms with E-state index in [1.54, 1.807) is 23.2 Å². The van der Waals surface area contributed by atoms with E-state index in [2.05, 4.69) is 11.4 Å². The van der Waals surface area contributed by atoms with E-state index >= 15 is 0 Å². The Morgan fingerprint density at radius 2 is 2.20 bits per heavy atom. The van der Waals surface area contributed by atoms with Crippen LogP contribution < -0.4 is 5.32 Å². The van der Waals surface area contributed by atoms with E-state index in [1.807, 2.05) is 32.2 Å². The fourth-order valence-corrected chi connectivity index (χ4v) is 3.48. The quantitative estimate of drug-likeness (QED) is 0.925. The highest BCUT2D eigenvalue weighted by Crippen LogP contribution is 2.25. The van der Waals surface area contributed by atoms with Crippen molar-refractivity contribution < 1.29 is 9.59 Å². The molecule has 0 radical (unpaired) electrons. The number of rotatable bonds is 4. The van der Waals surface area contributed by atoms with Crippen LogP contribution in [0.2, 0.25) is 0 Å². The second kappa shape index (κ2) is 5.56. The Bertz CT molecular complexity index is 500. The number of amides is 2. The molecule has 0 bridgehead atoms. The molecule has 1 aliphatic heterocycles. The van der Waals surface area contributed by atoms with Gasteiger partial charge < -0.3 is 10.2 Å². The third kappa shape index (κ3) is 2.59. The lowest BCUT2D eigenvalue weighted by atomic mass is 9.90. The lowest BCUT2D eigenvalue weighted by Crippen LogP contribution is -2.70. The van der Waals surface area contributed by atoms with Crippen LogP contribution in [0.4, 0.5) is 0 Å². The number of hydrogen-bond acceptors (Lipinski definition) is 3. The molecule has 1 aromatic heterocycles. The fourth-order valence-electron chi connectivity index (χ4n) is 2.66. The van der Waals surface area contributed by atoms with Crippen molar-refractivity contribution in [1.82, 2.24) is 10.2 Å². The highest BCUT2D eigenvalue weighted by atomic mass is 32.1. The highest BCUT2D eigenvalue weighted by molar-refractivity contribution is 7.09. The van der Waals surface area contributed by atoms with E-state index in [9.17, 15) is 9.59 Å². The summed E-state index contributed by atoms with van der Waals surface area (Å²) in [7, 11) is 0. The van der Waals surface area contributed by atoms with Gasteiger partial charge in [-0.3, -0.25) is 9.59 Å². The zero-order valence-corrected chi connectivity index (χ0v) is 13.3. The summed E-state index contributed by atoms with van der Waals surface area (Å²) in [5, 5.41) is 4.89. The maximum absolute atomic E-state index is 12.7. The molecule has 2 heterocycles. The van der Waals surface area contributed by atoms with Crippen LogP contribution in [0.15, 0.2) is 17.5 Å². The van der Waals surface area contributed by atoms with Crippen molar-refractivity contribution in [3.63, 3.8) is 0 Å². The molecule has 1 aromatic rings. The van der Waals surface area contributed by atoms with Gasteiger partial charge in [0.15, 0.2) is 0 Å². The van der Waals surface area contributed by atoms with Crippen LogP contribution in [0.1, 0.15) is 39.0 Å². The molecule has 1 aliphatic rings. The molecule has 0 spiro atoms. The van der Waals surface area contributed by atoms with Crippen LogP contribution in [-0.2, 0) is 16.0 Å². The summed E-state index contributed by atoms with van der Waals surface area (Å²) in [5.74, 6) is -0.0388. The first kappa shape index (κ1) is 15.0. The number of nitrogens with one attached hydrogen (secondary N) is 1. The summed E-state index contributed by atoms with van der Waals surface area (Å²) in [6, 6.07) is 3.70. The van der Waals surface area contributed by atoms with E-state index in [0.717, 1.165) is 6.42 Å². The summed E-state index contributed by atoms with van der Waals surface area (Å²) in [6.07, 6.45) is 1.40. The molecule has 1 saturated heterocycles. The number of nitrogens with zero attached hydrogens (tertiary/aromatic N) is 1. The minimum Gasteiger partial charge on any atom is -0.340 e. The van der Waals surface area contributed by atoms with Gasteiger partial charge in [0, 0.05) is 17.3 Å². The third-order valence-electron chi connectivity index (χ3n) is 4.16. The first-order chi connectivity index (χ1) is 9.39. The van der Waals surface area contributed by atoms with Gasteiger partial charge in [0.2, 0.25) is 11.8 Å². The van der Waals surface area contributed by atoms with Crippen LogP contribution in [-0.4, -0.2) is 34.3 Å². The summed E-state index contributed by atoms with van der Waals surface area (Å²) >= 11 is 1.69. The second-order valence-electron chi connectivity index (χ2n) is 5.70. The predicted octanol–water partition coefficient (Wildman–Crippen LogP) is 2.19. The Morgan fingerprint density at radius 1 is 1.50 bits per heavy atom. The SMILES string of the molecule is CCC1(C)NC(=O)C(C)N(C(C)Cc2cccs2)C1=O. The molecule has 5 heteroatoms. The normalized spacial score (nSPS) is 28.4. The lowest BCUT2D eigenvalue weighted by Gasteiger charge is -2.45. The number of piperazine rings is 1. The molecule has 3 unspecified atom stereocenters. The van der Waals surface area contributed by atoms with Gasteiger partial charge >= 0.3 is 0 Å². The van der Waals surface area contributed by atoms with Crippen LogP contribution in [0, 0.1) is 0 Å². The van der Waals surface area contributed by atoms with Gasteiger partial charge in [0.05, 0.1) is 0 Å². The highest BCUT2D eigenvalue weighted by Gasteiger charge is 2.46. The van der Waals surface area contributed by atoms with Crippen molar-refractivity contribution >= 4 is 23.2 Å². The molecule has 4 nitrogen and oxygen atoms in total. The van der Waals surface area contributed by atoms with Crippen molar-refractivity contribution in [3.8, 4) is 0 Å². The van der Waals surface area contributed by atoms with Gasteiger partial charge in [0.25, 0.3) is 0 Å². The first-order valence-electron chi connectivity index (χ1n) is 7.06. The number of thiophene rings is 1. The zero-order chi connectivity index (χ0) is 14.9. The zero-order valence-electron chi connectivity index (χ0n) is 12.5. The molecule has 0 aromatic carbocycles. The molecule has 20 heavy (non-hydrogen) atoms. The molecule has 2 amide bonds. The van der Waals surface area contributed by atoms with Crippen molar-refractivity contribution in [2.45, 2.75) is 58.2 Å². The first-order valence-corrected chi connectivity index (χ1v) is 7.94. The molecular formula is C15H22N2O2S. The van der Waals surface area contributed by atoms with Crippen LogP contribution >= 0.6 is 11.3 Å². The molecule has 2 rings (SSSR count). The Balaban J connectivity index is 2.22. The van der Waals surface area contributed by atoms with Crippen LogP contribution in [0.5, 0.6) is 0 Å². The van der Waals surface area contributed by atoms with Crippen molar-refractivity contribution in [3.05, 3.63) is 22.4 Å². The van der Waals surface area contributed by atoms with E-state index in [4.69, 9.17) is 0 Å². The summed E-state index contributed by atoms with van der Waals surface area (Å²) in [6.45, 7) is 7.55. The monoisotopic (exact) mass is 294 g/mol. The van der Waals surface area contributed by atoms with E-state index in [1.165, 1.54) is 4.88 Å². The van der Waals surface area contributed by atoms with Crippen LogP contribution in [0.25, 0.3) is 0 Å². The molecule has 1 N–H and O–H groups in total. The Kier molecular flexibility index (Phi) is 4.18. The smallest absolute Gasteiger partial charge is 0.248 e. The molecule has 0 saturated carbocycles. The van der Waals surface area contributed by atoms with Gasteiger partial charge in [-0.1, -0.05) is 13.0 Å². The fraction of sp³-hybridized carbons (Fsp3) is 0.600. The lowest BCUT2D eigenvalue weighted by molar-refractivity contribution is -0.156. The minimum atomic E-state index is -0.771. The average Bonchev–Trinajstić information content (AvgIpc) is 2.89. The molecule has 1 fully saturated rings. The summed E-state index contributed by atoms with van der Waals surface area (Å²) in [4.78, 5) is 27.8. The van der Waals surface area contributed by atoms with Gasteiger partial charge in [-0.15, -0.1) is 11.3 Å². The van der Waals surface area contributed by atoms with Gasteiger partial charge in [-0.25, -0.2) is 0 Å². The number of carbonyl (C=O) groups excluding carboxylic acids is 2. The average molecular weight is 294 g/mol. The Labute approximate surface area is 124 Å². The van der Waals surface area contributed by atoms with E-state index in [0.29, 0.717) is 6.42 Å². The second-order valence-corrected chi connectivity index (χ2v) is 6.73. The van der Waals surface area contributed by atoms with Gasteiger partial charge in [0.1, 0.15) is 11.6 Å². The topological polar surface area (TPSA) is 49.4 Å². The molecule has 3 atom stereocenters. The Hall–Kier alpha value is -1.36. The predicted molar refractivity (Wildman–Crippen MR) is 80.6 cm³/mol. The maximum Gasteiger partial charge on any atom is 0.248 e. The summed E-state index contributed by atoms with van der Waals surface area (Å²) in [5.41, 5.74) is -0.771. The van der Waals surface area contributed by atoms with Gasteiger partial charge in [-0.2, -0.15) is 0 Å². The maximum atomic E-state index is 12.7. The molecule has 0 aliphatic carbocycles. The standard InChI is InChI=1S/C15H22N2O2S/c1-5-15(4)14(19)17(11(3)13(18)16-15)10(2)9-12-7-6-8-20-12/h6-8,10-11H,5,9H2,1-4H3,(H,16,18). The van der Waals surface area contributed by atoms with Crippen molar-refractivity contribution in [2.75, 3.05) is 0 Å². The van der Waals surface area contributed by atoms with E-state index in [-0.39, 0.29) is 17.9 Å². The molecule has 110 valence electrons. The van der Waals surface area contributed by atoms with Crippen LogP contribution in [0.3, 0.4) is 0 Å². The third-order valence-corrected chi connectivity index (χ3v) is 5.06. The molecular weight excluding hydrogens is 272 g/mol. The number of hydrogen-bond donors (Lipinski definition) is 1. The van der Waals surface area contributed by atoms with E-state index < -0.39 is 11.6 Å². The van der Waals surface area contributed by atoms with Crippen molar-refractivity contribution in [1.29, 1.82) is 0 Å². The minimum absolute atomic E-state index is 0.0214. The van der Waals surface area contributed by atoms with Crippen molar-refractivity contribution in [2.24, 2.45) is 0 Å². The summed E-state index contributed by atoms with van der Waals surface area (Å²) < 4.78 is 0. The number of carbonyl (C=O) groups is 2.